The lowest BCUT2D eigenvalue weighted by Gasteiger charge is -2.09. The second-order valence-electron chi connectivity index (χ2n) is 3.65. The van der Waals surface area contributed by atoms with Gasteiger partial charge in [0, 0.05) is 5.69 Å². The zero-order valence-corrected chi connectivity index (χ0v) is 13.0. The van der Waals surface area contributed by atoms with Crippen molar-refractivity contribution in [3.8, 4) is 5.75 Å². The summed E-state index contributed by atoms with van der Waals surface area (Å²) in [7, 11) is 1.65. The van der Waals surface area contributed by atoms with Gasteiger partial charge in [-0.15, -0.1) is 0 Å². The van der Waals surface area contributed by atoms with E-state index in [1.54, 1.807) is 7.11 Å². The second kappa shape index (κ2) is 6.20. The summed E-state index contributed by atoms with van der Waals surface area (Å²) in [5.74, 6) is 0.820. The van der Waals surface area contributed by atoms with Crippen molar-refractivity contribution in [2.45, 2.75) is 6.54 Å². The molecule has 0 aliphatic heterocycles. The molecule has 0 radical (unpaired) electrons. The average Bonchev–Trinajstić information content (AvgIpc) is 2.37. The van der Waals surface area contributed by atoms with Gasteiger partial charge in [0.15, 0.2) is 0 Å². The fourth-order valence-electron chi connectivity index (χ4n) is 1.52. The maximum absolute atomic E-state index is 5.19. The number of hydrogen-bond acceptors (Lipinski definition) is 3. The Balaban J connectivity index is 2.04. The molecule has 0 fully saturated rings. The van der Waals surface area contributed by atoms with Crippen molar-refractivity contribution < 1.29 is 4.74 Å². The molecular weight excluding hydrogens is 360 g/mol. The lowest BCUT2D eigenvalue weighted by molar-refractivity contribution is 0.412. The van der Waals surface area contributed by atoms with E-state index in [0.717, 1.165) is 26.2 Å². The van der Waals surface area contributed by atoms with Crippen molar-refractivity contribution in [1.82, 2.24) is 4.98 Å². The zero-order chi connectivity index (χ0) is 13.0. The van der Waals surface area contributed by atoms with Crippen LogP contribution in [0.1, 0.15) is 5.69 Å². The molecule has 1 aromatic carbocycles. The van der Waals surface area contributed by atoms with Crippen LogP contribution in [0.25, 0.3) is 0 Å². The third-order valence-electron chi connectivity index (χ3n) is 2.40. The minimum atomic E-state index is 0.679. The molecule has 94 valence electrons. The van der Waals surface area contributed by atoms with E-state index < -0.39 is 0 Å². The molecule has 1 heterocycles. The first kappa shape index (κ1) is 13.4. The summed E-state index contributed by atoms with van der Waals surface area (Å²) >= 11 is 6.81. The number of pyridine rings is 1. The summed E-state index contributed by atoms with van der Waals surface area (Å²) in [6.07, 6.45) is 0. The molecule has 0 unspecified atom stereocenters. The normalized spacial score (nSPS) is 10.2. The van der Waals surface area contributed by atoms with Gasteiger partial charge in [-0.05, 0) is 62.2 Å². The lowest BCUT2D eigenvalue weighted by Crippen LogP contribution is -2.01. The SMILES string of the molecule is COc1ccc(NCc2cccc(Br)n2)cc1Br. The third kappa shape index (κ3) is 3.46. The summed E-state index contributed by atoms with van der Waals surface area (Å²) in [5.41, 5.74) is 2.00. The van der Waals surface area contributed by atoms with Gasteiger partial charge in [-0.3, -0.25) is 0 Å². The lowest BCUT2D eigenvalue weighted by atomic mass is 10.3. The van der Waals surface area contributed by atoms with E-state index in [9.17, 15) is 0 Å². The Morgan fingerprint density at radius 1 is 1.22 bits per heavy atom. The van der Waals surface area contributed by atoms with Crippen molar-refractivity contribution in [3.63, 3.8) is 0 Å². The van der Waals surface area contributed by atoms with Crippen molar-refractivity contribution in [1.29, 1.82) is 0 Å². The first-order valence-corrected chi connectivity index (χ1v) is 6.96. The number of benzene rings is 1. The fraction of sp³-hybridized carbons (Fsp3) is 0.154. The van der Waals surface area contributed by atoms with Gasteiger partial charge in [-0.2, -0.15) is 0 Å². The summed E-state index contributed by atoms with van der Waals surface area (Å²) in [5, 5.41) is 3.31. The minimum Gasteiger partial charge on any atom is -0.496 e. The number of rotatable bonds is 4. The van der Waals surface area contributed by atoms with E-state index in [-0.39, 0.29) is 0 Å². The van der Waals surface area contributed by atoms with Gasteiger partial charge in [-0.25, -0.2) is 4.98 Å². The zero-order valence-electron chi connectivity index (χ0n) is 9.78. The van der Waals surface area contributed by atoms with Crippen LogP contribution in [0, 0.1) is 0 Å². The van der Waals surface area contributed by atoms with Gasteiger partial charge < -0.3 is 10.1 Å². The Morgan fingerprint density at radius 2 is 2.06 bits per heavy atom. The van der Waals surface area contributed by atoms with Crippen LogP contribution >= 0.6 is 31.9 Å². The molecule has 2 aromatic rings. The number of aromatic nitrogens is 1. The number of nitrogens with one attached hydrogen (secondary N) is 1. The summed E-state index contributed by atoms with van der Waals surface area (Å²) < 4.78 is 6.96. The number of hydrogen-bond donors (Lipinski definition) is 1. The summed E-state index contributed by atoms with van der Waals surface area (Å²) in [6.45, 7) is 0.679. The molecule has 0 amide bonds. The van der Waals surface area contributed by atoms with Crippen molar-refractivity contribution in [2.24, 2.45) is 0 Å². The number of halogens is 2. The molecule has 0 aliphatic rings. The number of nitrogens with zero attached hydrogens (tertiary/aromatic N) is 1. The van der Waals surface area contributed by atoms with Crippen LogP contribution in [0.4, 0.5) is 5.69 Å². The number of anilines is 1. The standard InChI is InChI=1S/C13H12Br2N2O/c1-18-12-6-5-9(7-11(12)14)16-8-10-3-2-4-13(15)17-10/h2-7,16H,8H2,1H3. The molecule has 2 rings (SSSR count). The third-order valence-corrected chi connectivity index (χ3v) is 3.46. The van der Waals surface area contributed by atoms with Crippen LogP contribution in [-0.2, 0) is 6.54 Å². The molecule has 0 spiro atoms. The van der Waals surface area contributed by atoms with Crippen LogP contribution in [0.5, 0.6) is 5.75 Å². The Bertz CT molecular complexity index is 546. The Labute approximate surface area is 123 Å². The van der Waals surface area contributed by atoms with Crippen molar-refractivity contribution >= 4 is 37.5 Å². The molecule has 0 bridgehead atoms. The highest BCUT2D eigenvalue weighted by atomic mass is 79.9. The van der Waals surface area contributed by atoms with E-state index >= 15 is 0 Å². The molecule has 0 saturated heterocycles. The first-order valence-electron chi connectivity index (χ1n) is 5.38. The van der Waals surface area contributed by atoms with Gasteiger partial charge in [0.25, 0.3) is 0 Å². The van der Waals surface area contributed by atoms with Crippen molar-refractivity contribution in [2.75, 3.05) is 12.4 Å². The highest BCUT2D eigenvalue weighted by molar-refractivity contribution is 9.10. The smallest absolute Gasteiger partial charge is 0.133 e. The maximum Gasteiger partial charge on any atom is 0.133 e. The predicted molar refractivity (Wildman–Crippen MR) is 80.0 cm³/mol. The average molecular weight is 372 g/mol. The molecule has 0 atom stereocenters. The van der Waals surface area contributed by atoms with E-state index in [4.69, 9.17) is 4.74 Å². The van der Waals surface area contributed by atoms with Crippen molar-refractivity contribution in [3.05, 3.63) is 51.2 Å². The molecule has 0 aliphatic carbocycles. The van der Waals surface area contributed by atoms with E-state index in [0.29, 0.717) is 6.54 Å². The fourth-order valence-corrected chi connectivity index (χ4v) is 2.44. The van der Waals surface area contributed by atoms with Crippen LogP contribution in [0.2, 0.25) is 0 Å². The monoisotopic (exact) mass is 370 g/mol. The molecular formula is C13H12Br2N2O. The largest absolute Gasteiger partial charge is 0.496 e. The quantitative estimate of drug-likeness (QED) is 0.816. The number of methoxy groups -OCH3 is 1. The Morgan fingerprint density at radius 3 is 2.72 bits per heavy atom. The van der Waals surface area contributed by atoms with E-state index in [2.05, 4.69) is 42.2 Å². The minimum absolute atomic E-state index is 0.679. The van der Waals surface area contributed by atoms with E-state index in [1.165, 1.54) is 0 Å². The number of ether oxygens (including phenoxy) is 1. The highest BCUT2D eigenvalue weighted by Crippen LogP contribution is 2.27. The second-order valence-corrected chi connectivity index (χ2v) is 5.32. The van der Waals surface area contributed by atoms with Crippen LogP contribution < -0.4 is 10.1 Å². The molecule has 18 heavy (non-hydrogen) atoms. The molecule has 1 N–H and O–H groups in total. The molecule has 0 saturated carbocycles. The maximum atomic E-state index is 5.19. The molecule has 1 aromatic heterocycles. The van der Waals surface area contributed by atoms with Gasteiger partial charge in [-0.1, -0.05) is 6.07 Å². The van der Waals surface area contributed by atoms with Crippen LogP contribution in [-0.4, -0.2) is 12.1 Å². The van der Waals surface area contributed by atoms with Gasteiger partial charge in [0.05, 0.1) is 23.8 Å². The first-order chi connectivity index (χ1) is 8.69. The Kier molecular flexibility index (Phi) is 4.60. The summed E-state index contributed by atoms with van der Waals surface area (Å²) in [6, 6.07) is 11.7. The highest BCUT2D eigenvalue weighted by Gasteiger charge is 2.01. The summed E-state index contributed by atoms with van der Waals surface area (Å²) in [4.78, 5) is 4.36. The van der Waals surface area contributed by atoms with Gasteiger partial charge >= 0.3 is 0 Å². The van der Waals surface area contributed by atoms with Gasteiger partial charge in [0.2, 0.25) is 0 Å². The van der Waals surface area contributed by atoms with E-state index in [1.807, 2.05) is 36.4 Å². The van der Waals surface area contributed by atoms with Gasteiger partial charge in [0.1, 0.15) is 10.4 Å². The predicted octanol–water partition coefficient (Wildman–Crippen LogP) is 4.23. The van der Waals surface area contributed by atoms with Crippen LogP contribution in [0.15, 0.2) is 45.5 Å². The molecule has 3 nitrogen and oxygen atoms in total. The topological polar surface area (TPSA) is 34.1 Å². The van der Waals surface area contributed by atoms with Crippen LogP contribution in [0.3, 0.4) is 0 Å². The Hall–Kier alpha value is -1.07. The molecule has 5 heteroatoms.